The molecule has 1 aliphatic carbocycles. The van der Waals surface area contributed by atoms with Crippen LogP contribution in [0, 0.1) is 5.92 Å². The van der Waals surface area contributed by atoms with Crippen LogP contribution in [0.4, 0.5) is 0 Å². The van der Waals surface area contributed by atoms with Crippen LogP contribution in [0.25, 0.3) is 0 Å². The maximum Gasteiger partial charge on any atom is 0.166 e. The van der Waals surface area contributed by atoms with E-state index in [0.717, 1.165) is 12.8 Å². The number of Topliss-reactive ketones (excluding diaryl/α,β-unsaturated/α-hetero) is 1. The summed E-state index contributed by atoms with van der Waals surface area (Å²) in [7, 11) is 3.18. The van der Waals surface area contributed by atoms with Crippen molar-refractivity contribution in [1.29, 1.82) is 0 Å². The number of hydrogen-bond donors (Lipinski definition) is 0. The molecule has 0 spiro atoms. The van der Waals surface area contributed by atoms with Gasteiger partial charge >= 0.3 is 0 Å². The summed E-state index contributed by atoms with van der Waals surface area (Å²) in [6, 6.07) is 10.4. The molecule has 98 valence electrons. The zero-order chi connectivity index (χ0) is 13.0. The Balaban J connectivity index is 2.11. The molecule has 0 radical (unpaired) electrons. The minimum atomic E-state index is -0.413. The molecule has 1 aromatic rings. The van der Waals surface area contributed by atoms with Gasteiger partial charge in [0.25, 0.3) is 0 Å². The molecule has 0 aromatic heterocycles. The number of benzene rings is 1. The van der Waals surface area contributed by atoms with E-state index in [-0.39, 0.29) is 11.7 Å². The largest absolute Gasteiger partial charge is 0.355 e. The van der Waals surface area contributed by atoms with Crippen LogP contribution in [-0.4, -0.2) is 26.3 Å². The summed E-state index contributed by atoms with van der Waals surface area (Å²) in [6.07, 6.45) is 1.95. The van der Waals surface area contributed by atoms with Crippen LogP contribution in [0.15, 0.2) is 30.3 Å². The van der Waals surface area contributed by atoms with Gasteiger partial charge in [0.05, 0.1) is 5.92 Å². The second-order valence-electron chi connectivity index (χ2n) is 4.79. The highest BCUT2D eigenvalue weighted by atomic mass is 16.7. The van der Waals surface area contributed by atoms with Crippen LogP contribution >= 0.6 is 0 Å². The molecule has 1 aromatic carbocycles. The van der Waals surface area contributed by atoms with Crippen LogP contribution in [-0.2, 0) is 14.3 Å². The zero-order valence-corrected chi connectivity index (χ0v) is 11.0. The van der Waals surface area contributed by atoms with Gasteiger partial charge in [0.2, 0.25) is 0 Å². The van der Waals surface area contributed by atoms with Crippen LogP contribution in [0.3, 0.4) is 0 Å². The first-order chi connectivity index (χ1) is 8.76. The van der Waals surface area contributed by atoms with Crippen molar-refractivity contribution in [1.82, 2.24) is 0 Å². The lowest BCUT2D eigenvalue weighted by atomic mass is 9.77. The second kappa shape index (κ2) is 6.12. The van der Waals surface area contributed by atoms with Crippen LogP contribution in [0.2, 0.25) is 0 Å². The third-order valence-corrected chi connectivity index (χ3v) is 3.76. The molecule has 3 heteroatoms. The molecule has 2 rings (SSSR count). The van der Waals surface area contributed by atoms with E-state index in [1.165, 1.54) is 5.56 Å². The third kappa shape index (κ3) is 2.79. The van der Waals surface area contributed by atoms with Gasteiger partial charge in [0.1, 0.15) is 5.78 Å². The highest BCUT2D eigenvalue weighted by Gasteiger charge is 2.35. The van der Waals surface area contributed by atoms with E-state index in [2.05, 4.69) is 12.1 Å². The second-order valence-corrected chi connectivity index (χ2v) is 4.79. The average Bonchev–Trinajstić information content (AvgIpc) is 2.43. The van der Waals surface area contributed by atoms with E-state index in [9.17, 15) is 4.79 Å². The Hall–Kier alpha value is -1.19. The van der Waals surface area contributed by atoms with Gasteiger partial charge in [0, 0.05) is 20.6 Å². The molecule has 18 heavy (non-hydrogen) atoms. The van der Waals surface area contributed by atoms with Gasteiger partial charge < -0.3 is 9.47 Å². The zero-order valence-electron chi connectivity index (χ0n) is 11.0. The van der Waals surface area contributed by atoms with Crippen molar-refractivity contribution in [3.05, 3.63) is 35.9 Å². The van der Waals surface area contributed by atoms with E-state index in [1.807, 2.05) is 18.2 Å². The van der Waals surface area contributed by atoms with Crippen molar-refractivity contribution in [3.8, 4) is 0 Å². The molecule has 1 fully saturated rings. The molecule has 2 atom stereocenters. The van der Waals surface area contributed by atoms with Gasteiger partial charge in [0.15, 0.2) is 6.29 Å². The molecule has 1 saturated carbocycles. The Kier molecular flexibility index (Phi) is 4.50. The highest BCUT2D eigenvalue weighted by Crippen LogP contribution is 2.36. The Morgan fingerprint density at radius 2 is 1.83 bits per heavy atom. The summed E-state index contributed by atoms with van der Waals surface area (Å²) < 4.78 is 10.5. The molecule has 0 heterocycles. The topological polar surface area (TPSA) is 35.5 Å². The normalized spacial score (nSPS) is 24.5. The fourth-order valence-electron chi connectivity index (χ4n) is 2.77. The fraction of sp³-hybridized carbons (Fsp3) is 0.533. The molecule has 3 nitrogen and oxygen atoms in total. The Labute approximate surface area is 108 Å². The molecule has 0 saturated heterocycles. The Morgan fingerprint density at radius 1 is 1.17 bits per heavy atom. The van der Waals surface area contributed by atoms with E-state index in [4.69, 9.17) is 9.47 Å². The molecule has 0 aliphatic heterocycles. The van der Waals surface area contributed by atoms with Crippen molar-refractivity contribution >= 4 is 5.78 Å². The first-order valence-electron chi connectivity index (χ1n) is 6.39. The molecule has 0 bridgehead atoms. The Bertz CT molecular complexity index is 384. The number of ketones is 1. The number of carbonyl (C=O) groups is 1. The Morgan fingerprint density at radius 3 is 2.44 bits per heavy atom. The first-order valence-corrected chi connectivity index (χ1v) is 6.39. The lowest BCUT2D eigenvalue weighted by molar-refractivity contribution is -0.161. The van der Waals surface area contributed by atoms with Gasteiger partial charge in [-0.1, -0.05) is 30.3 Å². The predicted octanol–water partition coefficient (Wildman–Crippen LogP) is 2.76. The number of methoxy groups -OCH3 is 2. The van der Waals surface area contributed by atoms with Crippen molar-refractivity contribution in [2.24, 2.45) is 5.92 Å². The summed E-state index contributed by atoms with van der Waals surface area (Å²) in [6.45, 7) is 0. The van der Waals surface area contributed by atoms with Gasteiger partial charge in [-0.15, -0.1) is 0 Å². The SMILES string of the molecule is COC(OC)C1CC(c2ccccc2)CCC1=O. The molecular weight excluding hydrogens is 228 g/mol. The van der Waals surface area contributed by atoms with Crippen LogP contribution in [0.1, 0.15) is 30.7 Å². The van der Waals surface area contributed by atoms with E-state index in [0.29, 0.717) is 12.3 Å². The molecule has 1 aliphatic rings. The number of carbonyl (C=O) groups excluding carboxylic acids is 1. The molecular formula is C15H20O3. The van der Waals surface area contributed by atoms with Crippen molar-refractivity contribution in [2.75, 3.05) is 14.2 Å². The maximum atomic E-state index is 12.0. The van der Waals surface area contributed by atoms with Gasteiger partial charge in [-0.2, -0.15) is 0 Å². The molecule has 0 N–H and O–H groups in total. The summed E-state index contributed by atoms with van der Waals surface area (Å²) in [5.41, 5.74) is 1.31. The van der Waals surface area contributed by atoms with E-state index < -0.39 is 6.29 Å². The first kappa shape index (κ1) is 13.2. The summed E-state index contributed by atoms with van der Waals surface area (Å²) in [4.78, 5) is 12.0. The van der Waals surface area contributed by atoms with E-state index >= 15 is 0 Å². The summed E-state index contributed by atoms with van der Waals surface area (Å²) in [5, 5.41) is 0. The van der Waals surface area contributed by atoms with Crippen molar-refractivity contribution < 1.29 is 14.3 Å². The average molecular weight is 248 g/mol. The fourth-order valence-corrected chi connectivity index (χ4v) is 2.77. The third-order valence-electron chi connectivity index (χ3n) is 3.76. The van der Waals surface area contributed by atoms with Crippen LogP contribution < -0.4 is 0 Å². The highest BCUT2D eigenvalue weighted by molar-refractivity contribution is 5.82. The van der Waals surface area contributed by atoms with Gasteiger partial charge in [-0.3, -0.25) is 4.79 Å². The van der Waals surface area contributed by atoms with Crippen molar-refractivity contribution in [2.45, 2.75) is 31.5 Å². The minimum Gasteiger partial charge on any atom is -0.355 e. The van der Waals surface area contributed by atoms with E-state index in [1.54, 1.807) is 14.2 Å². The van der Waals surface area contributed by atoms with Crippen LogP contribution in [0.5, 0.6) is 0 Å². The number of rotatable bonds is 4. The van der Waals surface area contributed by atoms with Gasteiger partial charge in [-0.25, -0.2) is 0 Å². The summed E-state index contributed by atoms with van der Waals surface area (Å²) in [5.74, 6) is 0.552. The smallest absolute Gasteiger partial charge is 0.166 e. The maximum absolute atomic E-state index is 12.0. The standard InChI is InChI=1S/C15H20O3/c1-17-15(18-2)13-10-12(8-9-14(13)16)11-6-4-3-5-7-11/h3-7,12-13,15H,8-10H2,1-2H3. The minimum absolute atomic E-state index is 0.140. The predicted molar refractivity (Wildman–Crippen MR) is 69.3 cm³/mol. The monoisotopic (exact) mass is 248 g/mol. The number of hydrogen-bond acceptors (Lipinski definition) is 3. The quantitative estimate of drug-likeness (QED) is 0.769. The lowest BCUT2D eigenvalue weighted by Crippen LogP contribution is -2.35. The molecule has 0 amide bonds. The summed E-state index contributed by atoms with van der Waals surface area (Å²) >= 11 is 0. The molecule has 2 unspecified atom stereocenters. The lowest BCUT2D eigenvalue weighted by Gasteiger charge is -2.32. The number of ether oxygens (including phenoxy) is 2. The van der Waals surface area contributed by atoms with Crippen molar-refractivity contribution in [3.63, 3.8) is 0 Å². The van der Waals surface area contributed by atoms with Gasteiger partial charge in [-0.05, 0) is 24.3 Å².